The fourth-order valence-electron chi connectivity index (χ4n) is 2.80. The Labute approximate surface area is 121 Å². The summed E-state index contributed by atoms with van der Waals surface area (Å²) in [6.45, 7) is 4.99. The number of nitrogens with one attached hydrogen (secondary N) is 1. The minimum atomic E-state index is 0.206. The number of ether oxygens (including phenoxy) is 3. The van der Waals surface area contributed by atoms with Gasteiger partial charge in [0.2, 0.25) is 0 Å². The molecule has 0 bridgehead atoms. The van der Waals surface area contributed by atoms with Crippen LogP contribution in [0.15, 0.2) is 18.2 Å². The van der Waals surface area contributed by atoms with Crippen LogP contribution in [0.1, 0.15) is 18.9 Å². The molecule has 2 unspecified atom stereocenters. The van der Waals surface area contributed by atoms with Gasteiger partial charge in [0.25, 0.3) is 0 Å². The molecular weight excluding hydrogens is 254 g/mol. The van der Waals surface area contributed by atoms with E-state index in [1.54, 1.807) is 21.3 Å². The van der Waals surface area contributed by atoms with Crippen LogP contribution >= 0.6 is 0 Å². The van der Waals surface area contributed by atoms with Crippen LogP contribution in [0.25, 0.3) is 0 Å². The van der Waals surface area contributed by atoms with Gasteiger partial charge in [-0.25, -0.2) is 0 Å². The first-order valence-electron chi connectivity index (χ1n) is 7.08. The highest BCUT2D eigenvalue weighted by Crippen LogP contribution is 2.56. The van der Waals surface area contributed by atoms with Crippen LogP contribution in [0, 0.1) is 5.92 Å². The SMILES string of the molecule is COCCNCC1CC1(C)c1ccc(OC)cc1OC. The highest BCUT2D eigenvalue weighted by Gasteiger charge is 2.52. The van der Waals surface area contributed by atoms with Gasteiger partial charge in [0.15, 0.2) is 0 Å². The van der Waals surface area contributed by atoms with E-state index in [0.29, 0.717) is 5.92 Å². The van der Waals surface area contributed by atoms with Crippen molar-refractivity contribution >= 4 is 0 Å². The van der Waals surface area contributed by atoms with E-state index in [0.717, 1.165) is 31.2 Å². The molecule has 0 radical (unpaired) electrons. The van der Waals surface area contributed by atoms with Gasteiger partial charge >= 0.3 is 0 Å². The summed E-state index contributed by atoms with van der Waals surface area (Å²) in [5.74, 6) is 2.41. The second-order valence-electron chi connectivity index (χ2n) is 5.58. The number of rotatable bonds is 8. The second kappa shape index (κ2) is 6.46. The first-order chi connectivity index (χ1) is 9.65. The van der Waals surface area contributed by atoms with E-state index in [1.165, 1.54) is 12.0 Å². The van der Waals surface area contributed by atoms with Crippen LogP contribution in [0.2, 0.25) is 0 Å². The smallest absolute Gasteiger partial charge is 0.126 e. The van der Waals surface area contributed by atoms with E-state index >= 15 is 0 Å². The molecule has 4 heteroatoms. The Morgan fingerprint density at radius 3 is 2.70 bits per heavy atom. The van der Waals surface area contributed by atoms with Crippen molar-refractivity contribution in [1.29, 1.82) is 0 Å². The molecule has 2 atom stereocenters. The van der Waals surface area contributed by atoms with E-state index in [-0.39, 0.29) is 5.41 Å². The fourth-order valence-corrected chi connectivity index (χ4v) is 2.80. The molecule has 1 aromatic carbocycles. The predicted molar refractivity (Wildman–Crippen MR) is 79.8 cm³/mol. The van der Waals surface area contributed by atoms with Gasteiger partial charge in [-0.1, -0.05) is 13.0 Å². The molecule has 0 aliphatic heterocycles. The molecular formula is C16H25NO3. The molecule has 112 valence electrons. The first-order valence-corrected chi connectivity index (χ1v) is 7.08. The third kappa shape index (κ3) is 3.07. The lowest BCUT2D eigenvalue weighted by atomic mass is 9.94. The standard InChI is InChI=1S/C16H25NO3/c1-16(10-12(16)11-17-7-8-18-2)14-6-5-13(19-3)9-15(14)20-4/h5-6,9,12,17H,7-8,10-11H2,1-4H3. The number of hydrogen-bond donors (Lipinski definition) is 1. The predicted octanol–water partition coefficient (Wildman–Crippen LogP) is 2.22. The number of methoxy groups -OCH3 is 3. The van der Waals surface area contributed by atoms with E-state index < -0.39 is 0 Å². The normalized spacial score (nSPS) is 24.5. The third-order valence-corrected chi connectivity index (χ3v) is 4.31. The lowest BCUT2D eigenvalue weighted by molar-refractivity contribution is 0.199. The Morgan fingerprint density at radius 2 is 2.05 bits per heavy atom. The quantitative estimate of drug-likeness (QED) is 0.741. The summed E-state index contributed by atoms with van der Waals surface area (Å²) in [7, 11) is 5.12. The first kappa shape index (κ1) is 15.1. The highest BCUT2D eigenvalue weighted by molar-refractivity contribution is 5.48. The van der Waals surface area contributed by atoms with Crippen LogP contribution in [-0.2, 0) is 10.2 Å². The highest BCUT2D eigenvalue weighted by atomic mass is 16.5. The van der Waals surface area contributed by atoms with Gasteiger partial charge in [-0.05, 0) is 24.9 Å². The average molecular weight is 279 g/mol. The minimum Gasteiger partial charge on any atom is -0.497 e. The van der Waals surface area contributed by atoms with E-state index in [9.17, 15) is 0 Å². The van der Waals surface area contributed by atoms with Crippen molar-refractivity contribution in [2.45, 2.75) is 18.8 Å². The molecule has 1 aliphatic carbocycles. The van der Waals surface area contributed by atoms with Gasteiger partial charge in [-0.15, -0.1) is 0 Å². The number of hydrogen-bond acceptors (Lipinski definition) is 4. The van der Waals surface area contributed by atoms with Crippen molar-refractivity contribution in [2.24, 2.45) is 5.92 Å². The summed E-state index contributed by atoms with van der Waals surface area (Å²) in [4.78, 5) is 0. The van der Waals surface area contributed by atoms with Crippen molar-refractivity contribution in [3.8, 4) is 11.5 Å². The van der Waals surface area contributed by atoms with Crippen LogP contribution in [0.4, 0.5) is 0 Å². The maximum absolute atomic E-state index is 5.53. The lowest BCUT2D eigenvalue weighted by Crippen LogP contribution is -2.24. The summed E-state index contributed by atoms with van der Waals surface area (Å²) in [6, 6.07) is 6.11. The van der Waals surface area contributed by atoms with Crippen molar-refractivity contribution in [3.63, 3.8) is 0 Å². The molecule has 0 amide bonds. The van der Waals surface area contributed by atoms with Gasteiger partial charge in [0.1, 0.15) is 11.5 Å². The van der Waals surface area contributed by atoms with Crippen molar-refractivity contribution in [2.75, 3.05) is 41.0 Å². The van der Waals surface area contributed by atoms with Gasteiger partial charge in [0, 0.05) is 30.7 Å². The maximum atomic E-state index is 5.53. The summed E-state index contributed by atoms with van der Waals surface area (Å²) in [5, 5.41) is 3.44. The number of benzene rings is 1. The van der Waals surface area contributed by atoms with Crippen molar-refractivity contribution in [3.05, 3.63) is 23.8 Å². The zero-order chi connectivity index (χ0) is 14.6. The minimum absolute atomic E-state index is 0.206. The van der Waals surface area contributed by atoms with Gasteiger partial charge < -0.3 is 19.5 Å². The lowest BCUT2D eigenvalue weighted by Gasteiger charge is -2.17. The van der Waals surface area contributed by atoms with E-state index in [4.69, 9.17) is 14.2 Å². The molecule has 20 heavy (non-hydrogen) atoms. The molecule has 2 rings (SSSR count). The van der Waals surface area contributed by atoms with Gasteiger partial charge in [-0.2, -0.15) is 0 Å². The molecule has 0 heterocycles. The Bertz CT molecular complexity index is 449. The monoisotopic (exact) mass is 279 g/mol. The molecule has 1 aliphatic rings. The topological polar surface area (TPSA) is 39.7 Å². The summed E-state index contributed by atoms with van der Waals surface area (Å²) < 4.78 is 15.8. The van der Waals surface area contributed by atoms with Crippen molar-refractivity contribution < 1.29 is 14.2 Å². The Kier molecular flexibility index (Phi) is 4.89. The summed E-state index contributed by atoms with van der Waals surface area (Å²) >= 11 is 0. The molecule has 1 saturated carbocycles. The molecule has 0 aromatic heterocycles. The fraction of sp³-hybridized carbons (Fsp3) is 0.625. The Balaban J connectivity index is 2.01. The Hall–Kier alpha value is -1.26. The second-order valence-corrected chi connectivity index (χ2v) is 5.58. The van der Waals surface area contributed by atoms with Crippen LogP contribution in [0.5, 0.6) is 11.5 Å². The third-order valence-electron chi connectivity index (χ3n) is 4.31. The molecule has 1 N–H and O–H groups in total. The molecule has 0 spiro atoms. The van der Waals surface area contributed by atoms with E-state index in [1.807, 2.05) is 12.1 Å². The van der Waals surface area contributed by atoms with Gasteiger partial charge in [-0.3, -0.25) is 0 Å². The largest absolute Gasteiger partial charge is 0.497 e. The Morgan fingerprint density at radius 1 is 1.25 bits per heavy atom. The maximum Gasteiger partial charge on any atom is 0.126 e. The zero-order valence-corrected chi connectivity index (χ0v) is 12.9. The summed E-state index contributed by atoms with van der Waals surface area (Å²) in [5.41, 5.74) is 1.48. The van der Waals surface area contributed by atoms with Crippen molar-refractivity contribution in [1.82, 2.24) is 5.32 Å². The molecule has 4 nitrogen and oxygen atoms in total. The zero-order valence-electron chi connectivity index (χ0n) is 12.9. The van der Waals surface area contributed by atoms with Crippen LogP contribution in [0.3, 0.4) is 0 Å². The summed E-state index contributed by atoms with van der Waals surface area (Å²) in [6.07, 6.45) is 1.19. The van der Waals surface area contributed by atoms with Gasteiger partial charge in [0.05, 0.1) is 20.8 Å². The van der Waals surface area contributed by atoms with Crippen LogP contribution < -0.4 is 14.8 Å². The van der Waals surface area contributed by atoms with E-state index in [2.05, 4.69) is 18.3 Å². The molecule has 1 fully saturated rings. The average Bonchev–Trinajstić information content (AvgIpc) is 3.14. The molecule has 0 saturated heterocycles. The molecule has 1 aromatic rings. The van der Waals surface area contributed by atoms with Crippen LogP contribution in [-0.4, -0.2) is 41.0 Å².